The summed E-state index contributed by atoms with van der Waals surface area (Å²) >= 11 is 0. The van der Waals surface area contributed by atoms with E-state index in [9.17, 15) is 9.18 Å². The van der Waals surface area contributed by atoms with Crippen LogP contribution in [-0.2, 0) is 4.74 Å². The Labute approximate surface area is 140 Å². The number of hydrogen-bond acceptors (Lipinski definition) is 4. The molecule has 0 unspecified atom stereocenters. The van der Waals surface area contributed by atoms with Gasteiger partial charge in [0.05, 0.1) is 35.9 Å². The quantitative estimate of drug-likeness (QED) is 0.721. The number of nitrogens with zero attached hydrogens (tertiary/aromatic N) is 2. The average molecular weight is 335 g/mol. The molecule has 2 rings (SSSR count). The number of rotatable bonds is 8. The molecule has 0 aliphatic heterocycles. The molecule has 0 saturated carbocycles. The molecule has 24 heavy (non-hydrogen) atoms. The van der Waals surface area contributed by atoms with Crippen molar-refractivity contribution in [3.05, 3.63) is 47.0 Å². The lowest BCUT2D eigenvalue weighted by Gasteiger charge is -2.07. The number of aliphatic hydroxyl groups excluding tert-OH is 1. The summed E-state index contributed by atoms with van der Waals surface area (Å²) in [6.45, 7) is 4.83. The van der Waals surface area contributed by atoms with Crippen LogP contribution >= 0.6 is 0 Å². The van der Waals surface area contributed by atoms with E-state index in [2.05, 4.69) is 10.4 Å². The molecule has 0 atom stereocenters. The van der Waals surface area contributed by atoms with Crippen molar-refractivity contribution in [3.63, 3.8) is 0 Å². The third-order valence-electron chi connectivity index (χ3n) is 3.58. The Morgan fingerprint density at radius 2 is 2.00 bits per heavy atom. The zero-order valence-corrected chi connectivity index (χ0v) is 13.9. The summed E-state index contributed by atoms with van der Waals surface area (Å²) in [6, 6.07) is 5.96. The number of carbonyl (C=O) groups excluding carboxylic acids is 1. The van der Waals surface area contributed by atoms with Crippen LogP contribution in [0.4, 0.5) is 4.39 Å². The van der Waals surface area contributed by atoms with Crippen molar-refractivity contribution >= 4 is 5.91 Å². The van der Waals surface area contributed by atoms with Gasteiger partial charge in [0.25, 0.3) is 5.91 Å². The molecule has 1 amide bonds. The number of aryl methyl sites for hydroxylation is 1. The molecule has 1 heterocycles. The highest BCUT2D eigenvalue weighted by Gasteiger charge is 2.19. The number of benzene rings is 1. The van der Waals surface area contributed by atoms with Crippen molar-refractivity contribution in [3.8, 4) is 5.69 Å². The Morgan fingerprint density at radius 3 is 2.67 bits per heavy atom. The SMILES string of the molecule is Cc1nn(-c2ccc(F)cc2)c(C)c1C(=O)NCCCOCCO. The van der Waals surface area contributed by atoms with Gasteiger partial charge in [0.15, 0.2) is 0 Å². The normalized spacial score (nSPS) is 10.8. The largest absolute Gasteiger partial charge is 0.394 e. The van der Waals surface area contributed by atoms with Crippen molar-refractivity contribution in [1.82, 2.24) is 15.1 Å². The number of ether oxygens (including phenoxy) is 1. The number of hydrogen-bond donors (Lipinski definition) is 2. The molecule has 130 valence electrons. The fourth-order valence-electron chi connectivity index (χ4n) is 2.44. The number of nitrogens with one attached hydrogen (secondary N) is 1. The third kappa shape index (κ3) is 4.39. The lowest BCUT2D eigenvalue weighted by atomic mass is 10.2. The van der Waals surface area contributed by atoms with Crippen LogP contribution in [0.15, 0.2) is 24.3 Å². The summed E-state index contributed by atoms with van der Waals surface area (Å²) in [4.78, 5) is 12.4. The lowest BCUT2D eigenvalue weighted by Crippen LogP contribution is -2.26. The van der Waals surface area contributed by atoms with E-state index in [1.54, 1.807) is 23.7 Å². The standard InChI is InChI=1S/C17H22FN3O3/c1-12-16(17(23)19-8-3-10-24-11-9-22)13(2)21(20-12)15-6-4-14(18)5-7-15/h4-7,22H,3,8-11H2,1-2H3,(H,19,23). The monoisotopic (exact) mass is 335 g/mol. The van der Waals surface area contributed by atoms with Crippen LogP contribution in [0.25, 0.3) is 5.69 Å². The van der Waals surface area contributed by atoms with Crippen LogP contribution in [0.1, 0.15) is 28.2 Å². The molecule has 0 bridgehead atoms. The average Bonchev–Trinajstić information content (AvgIpc) is 2.86. The first-order chi connectivity index (χ1) is 11.5. The number of aromatic nitrogens is 2. The molecule has 0 radical (unpaired) electrons. The van der Waals surface area contributed by atoms with Crippen LogP contribution < -0.4 is 5.32 Å². The molecule has 0 aliphatic carbocycles. The molecule has 1 aromatic heterocycles. The van der Waals surface area contributed by atoms with Gasteiger partial charge < -0.3 is 15.2 Å². The number of aliphatic hydroxyl groups is 1. The summed E-state index contributed by atoms with van der Waals surface area (Å²) in [5.41, 5.74) is 2.54. The Hall–Kier alpha value is -2.25. The second-order valence-corrected chi connectivity index (χ2v) is 5.38. The van der Waals surface area contributed by atoms with Crippen molar-refractivity contribution < 1.29 is 19.0 Å². The van der Waals surface area contributed by atoms with Crippen molar-refractivity contribution in [2.75, 3.05) is 26.4 Å². The molecule has 1 aromatic carbocycles. The molecule has 0 fully saturated rings. The van der Waals surface area contributed by atoms with E-state index in [0.717, 1.165) is 0 Å². The molecular formula is C17H22FN3O3. The fourth-order valence-corrected chi connectivity index (χ4v) is 2.44. The molecule has 7 heteroatoms. The van der Waals surface area contributed by atoms with E-state index in [0.29, 0.717) is 48.8 Å². The first kappa shape index (κ1) is 18.1. The Balaban J connectivity index is 2.03. The zero-order chi connectivity index (χ0) is 17.5. The van der Waals surface area contributed by atoms with E-state index < -0.39 is 0 Å². The minimum absolute atomic E-state index is 0.00663. The van der Waals surface area contributed by atoms with Gasteiger partial charge in [0.2, 0.25) is 0 Å². The number of halogens is 1. The summed E-state index contributed by atoms with van der Waals surface area (Å²) in [7, 11) is 0. The second-order valence-electron chi connectivity index (χ2n) is 5.38. The van der Waals surface area contributed by atoms with Crippen molar-refractivity contribution in [2.24, 2.45) is 0 Å². The van der Waals surface area contributed by atoms with E-state index in [1.807, 2.05) is 6.92 Å². The number of amides is 1. The summed E-state index contributed by atoms with van der Waals surface area (Å²) < 4.78 is 19.8. The van der Waals surface area contributed by atoms with E-state index in [-0.39, 0.29) is 18.3 Å². The van der Waals surface area contributed by atoms with Crippen molar-refractivity contribution in [2.45, 2.75) is 20.3 Å². The van der Waals surface area contributed by atoms with E-state index in [1.165, 1.54) is 12.1 Å². The number of carbonyl (C=O) groups is 1. The van der Waals surface area contributed by atoms with Gasteiger partial charge >= 0.3 is 0 Å². The Bertz CT molecular complexity index is 683. The Kier molecular flexibility index (Phi) is 6.45. The highest BCUT2D eigenvalue weighted by atomic mass is 19.1. The smallest absolute Gasteiger partial charge is 0.255 e. The summed E-state index contributed by atoms with van der Waals surface area (Å²) in [6.07, 6.45) is 0.663. The van der Waals surface area contributed by atoms with Gasteiger partial charge in [-0.1, -0.05) is 0 Å². The van der Waals surface area contributed by atoms with E-state index >= 15 is 0 Å². The first-order valence-electron chi connectivity index (χ1n) is 7.83. The maximum absolute atomic E-state index is 13.0. The molecule has 2 aromatic rings. The van der Waals surface area contributed by atoms with Crippen LogP contribution in [0.3, 0.4) is 0 Å². The first-order valence-corrected chi connectivity index (χ1v) is 7.83. The fraction of sp³-hybridized carbons (Fsp3) is 0.412. The van der Waals surface area contributed by atoms with Crippen molar-refractivity contribution in [1.29, 1.82) is 0 Å². The second kappa shape index (κ2) is 8.56. The zero-order valence-electron chi connectivity index (χ0n) is 13.9. The molecule has 0 aliphatic rings. The molecule has 6 nitrogen and oxygen atoms in total. The maximum Gasteiger partial charge on any atom is 0.255 e. The van der Waals surface area contributed by atoms with Crippen LogP contribution in [0, 0.1) is 19.7 Å². The van der Waals surface area contributed by atoms with Crippen LogP contribution in [0.2, 0.25) is 0 Å². The van der Waals surface area contributed by atoms with Gasteiger partial charge in [0.1, 0.15) is 5.82 Å². The predicted molar refractivity (Wildman–Crippen MR) is 87.9 cm³/mol. The highest BCUT2D eigenvalue weighted by molar-refractivity contribution is 5.96. The van der Waals surface area contributed by atoms with E-state index in [4.69, 9.17) is 9.84 Å². The molecule has 0 saturated heterocycles. The minimum atomic E-state index is -0.318. The van der Waals surface area contributed by atoms with Gasteiger partial charge in [-0.25, -0.2) is 9.07 Å². The topological polar surface area (TPSA) is 76.4 Å². The summed E-state index contributed by atoms with van der Waals surface area (Å²) in [5.74, 6) is -0.512. The van der Waals surface area contributed by atoms with Gasteiger partial charge in [-0.15, -0.1) is 0 Å². The van der Waals surface area contributed by atoms with Crippen LogP contribution in [0.5, 0.6) is 0 Å². The maximum atomic E-state index is 13.0. The Morgan fingerprint density at radius 1 is 1.29 bits per heavy atom. The van der Waals surface area contributed by atoms with Crippen LogP contribution in [-0.4, -0.2) is 47.2 Å². The van der Waals surface area contributed by atoms with Gasteiger partial charge in [-0.05, 0) is 44.5 Å². The van der Waals surface area contributed by atoms with Gasteiger partial charge in [0, 0.05) is 13.2 Å². The minimum Gasteiger partial charge on any atom is -0.394 e. The van der Waals surface area contributed by atoms with Gasteiger partial charge in [-0.3, -0.25) is 4.79 Å². The predicted octanol–water partition coefficient (Wildman–Crippen LogP) is 1.76. The lowest BCUT2D eigenvalue weighted by molar-refractivity contribution is 0.0867. The molecule has 0 spiro atoms. The van der Waals surface area contributed by atoms with Gasteiger partial charge in [-0.2, -0.15) is 5.10 Å². The highest BCUT2D eigenvalue weighted by Crippen LogP contribution is 2.18. The third-order valence-corrected chi connectivity index (χ3v) is 3.58. The summed E-state index contributed by atoms with van der Waals surface area (Å²) in [5, 5.41) is 15.8. The molecular weight excluding hydrogens is 313 g/mol. The molecule has 2 N–H and O–H groups in total.